The third kappa shape index (κ3) is 5.50. The number of para-hydroxylation sites is 1. The van der Waals surface area contributed by atoms with Crippen LogP contribution in [0.25, 0.3) is 10.9 Å². The molecule has 3 aromatic rings. The summed E-state index contributed by atoms with van der Waals surface area (Å²) in [5.41, 5.74) is 2.19. The Morgan fingerprint density at radius 2 is 1.79 bits per heavy atom. The fourth-order valence-corrected chi connectivity index (χ4v) is 4.39. The van der Waals surface area contributed by atoms with Crippen molar-refractivity contribution in [2.24, 2.45) is 0 Å². The average molecular weight is 460 g/mol. The maximum atomic E-state index is 13.0. The summed E-state index contributed by atoms with van der Waals surface area (Å²) in [6.45, 7) is 6.14. The van der Waals surface area contributed by atoms with Gasteiger partial charge in [0.1, 0.15) is 6.54 Å². The minimum atomic E-state index is -4.33. The van der Waals surface area contributed by atoms with Gasteiger partial charge in [0.15, 0.2) is 0 Å². The molecule has 5 nitrogen and oxygen atoms in total. The van der Waals surface area contributed by atoms with Gasteiger partial charge in [-0.25, -0.2) is 0 Å². The quantitative estimate of drug-likeness (QED) is 0.485. The molecule has 2 aromatic carbocycles. The number of aromatic nitrogens is 1. The number of carbonyl (C=O) groups excluding carboxylic acids is 1. The third-order valence-corrected chi connectivity index (χ3v) is 6.08. The van der Waals surface area contributed by atoms with Crippen molar-refractivity contribution in [2.75, 3.05) is 44.2 Å². The lowest BCUT2D eigenvalue weighted by Crippen LogP contribution is -2.47. The molecule has 1 aliphatic rings. The lowest BCUT2D eigenvalue weighted by molar-refractivity contribution is -0.143. The van der Waals surface area contributed by atoms with Crippen molar-refractivity contribution in [3.05, 3.63) is 65.9 Å². The molecule has 0 atom stereocenters. The Bertz CT molecular complexity index is 1100. The maximum absolute atomic E-state index is 13.0. The zero-order valence-electron chi connectivity index (χ0n) is 18.6. The van der Waals surface area contributed by atoms with Crippen LogP contribution >= 0.6 is 0 Å². The smallest absolute Gasteiger partial charge is 0.416 e. The molecule has 0 bridgehead atoms. The van der Waals surface area contributed by atoms with Crippen molar-refractivity contribution in [1.29, 1.82) is 0 Å². The van der Waals surface area contributed by atoms with Gasteiger partial charge in [-0.1, -0.05) is 24.3 Å². The molecular formula is C25H28F3N3O2. The second-order valence-corrected chi connectivity index (χ2v) is 8.23. The van der Waals surface area contributed by atoms with Gasteiger partial charge in [0.2, 0.25) is 0 Å². The topological polar surface area (TPSA) is 37.7 Å². The fourth-order valence-electron chi connectivity index (χ4n) is 4.39. The second kappa shape index (κ2) is 9.87. The van der Waals surface area contributed by atoms with E-state index in [4.69, 9.17) is 4.74 Å². The lowest BCUT2D eigenvalue weighted by Gasteiger charge is -2.36. The van der Waals surface area contributed by atoms with Crippen molar-refractivity contribution in [3.8, 4) is 0 Å². The van der Waals surface area contributed by atoms with E-state index in [1.54, 1.807) is 13.0 Å². The normalized spacial score (nSPS) is 15.2. The Labute approximate surface area is 191 Å². The van der Waals surface area contributed by atoms with Gasteiger partial charge in [0.25, 0.3) is 0 Å². The molecule has 33 heavy (non-hydrogen) atoms. The van der Waals surface area contributed by atoms with Gasteiger partial charge in [0, 0.05) is 55.5 Å². The molecule has 0 aliphatic carbocycles. The van der Waals surface area contributed by atoms with Crippen LogP contribution in [0.4, 0.5) is 18.9 Å². The molecule has 0 spiro atoms. The van der Waals surface area contributed by atoms with Crippen LogP contribution < -0.4 is 4.90 Å². The van der Waals surface area contributed by atoms with E-state index in [0.29, 0.717) is 25.4 Å². The minimum absolute atomic E-state index is 0.185. The Hall–Kier alpha value is -3.00. The number of fused-ring (bicyclic) bond motifs is 1. The SMILES string of the molecule is CCOC(=O)Cn1cc(CCN2CCN(c3cccc(C(F)(F)F)c3)CC2)c2ccccc21. The number of ether oxygens (including phenoxy) is 1. The van der Waals surface area contributed by atoms with Gasteiger partial charge < -0.3 is 14.2 Å². The number of benzene rings is 2. The first-order valence-electron chi connectivity index (χ1n) is 11.2. The highest BCUT2D eigenvalue weighted by molar-refractivity contribution is 5.85. The monoisotopic (exact) mass is 459 g/mol. The third-order valence-electron chi connectivity index (χ3n) is 6.08. The van der Waals surface area contributed by atoms with Crippen molar-refractivity contribution in [2.45, 2.75) is 26.1 Å². The van der Waals surface area contributed by atoms with Gasteiger partial charge >= 0.3 is 12.1 Å². The summed E-state index contributed by atoms with van der Waals surface area (Å²) in [6.07, 6.45) is -1.47. The van der Waals surface area contributed by atoms with Crippen LogP contribution in [0.3, 0.4) is 0 Å². The summed E-state index contributed by atoms with van der Waals surface area (Å²) >= 11 is 0. The van der Waals surface area contributed by atoms with Crippen LogP contribution in [0, 0.1) is 0 Å². The summed E-state index contributed by atoms with van der Waals surface area (Å²) in [5, 5.41) is 1.13. The van der Waals surface area contributed by atoms with Crippen LogP contribution in [-0.2, 0) is 28.7 Å². The fraction of sp³-hybridized carbons (Fsp3) is 0.400. The molecule has 0 saturated carbocycles. The molecule has 1 aliphatic heterocycles. The Kier molecular flexibility index (Phi) is 6.93. The van der Waals surface area contributed by atoms with Crippen molar-refractivity contribution >= 4 is 22.6 Å². The number of hydrogen-bond acceptors (Lipinski definition) is 4. The van der Waals surface area contributed by atoms with Crippen LogP contribution in [0.2, 0.25) is 0 Å². The second-order valence-electron chi connectivity index (χ2n) is 8.23. The molecule has 2 heterocycles. The van der Waals surface area contributed by atoms with Gasteiger partial charge in [0.05, 0.1) is 12.2 Å². The van der Waals surface area contributed by atoms with E-state index in [1.807, 2.05) is 33.9 Å². The van der Waals surface area contributed by atoms with Gasteiger partial charge in [-0.3, -0.25) is 9.69 Å². The van der Waals surface area contributed by atoms with E-state index in [2.05, 4.69) is 11.0 Å². The highest BCUT2D eigenvalue weighted by Crippen LogP contribution is 2.32. The predicted octanol–water partition coefficient (Wildman–Crippen LogP) is 4.59. The molecule has 0 unspecified atom stereocenters. The Morgan fingerprint density at radius 1 is 1.03 bits per heavy atom. The number of rotatable bonds is 7. The van der Waals surface area contributed by atoms with Gasteiger partial charge in [-0.05, 0) is 43.2 Å². The maximum Gasteiger partial charge on any atom is 0.416 e. The molecular weight excluding hydrogens is 431 g/mol. The molecule has 1 fully saturated rings. The number of esters is 1. The van der Waals surface area contributed by atoms with Crippen LogP contribution in [0.15, 0.2) is 54.7 Å². The van der Waals surface area contributed by atoms with E-state index < -0.39 is 11.7 Å². The summed E-state index contributed by atoms with van der Waals surface area (Å²) in [6, 6.07) is 13.6. The average Bonchev–Trinajstić information content (AvgIpc) is 3.15. The van der Waals surface area contributed by atoms with E-state index in [0.717, 1.165) is 43.0 Å². The number of nitrogens with zero attached hydrogens (tertiary/aromatic N) is 3. The van der Waals surface area contributed by atoms with Crippen LogP contribution in [0.5, 0.6) is 0 Å². The van der Waals surface area contributed by atoms with Crippen molar-refractivity contribution in [1.82, 2.24) is 9.47 Å². The molecule has 0 N–H and O–H groups in total. The summed E-state index contributed by atoms with van der Waals surface area (Å²) in [4.78, 5) is 16.3. The molecule has 176 valence electrons. The number of alkyl halides is 3. The van der Waals surface area contributed by atoms with E-state index in [1.165, 1.54) is 17.7 Å². The molecule has 1 saturated heterocycles. The first-order valence-corrected chi connectivity index (χ1v) is 11.2. The molecule has 0 amide bonds. The predicted molar refractivity (Wildman–Crippen MR) is 122 cm³/mol. The molecule has 0 radical (unpaired) electrons. The van der Waals surface area contributed by atoms with Crippen LogP contribution in [-0.4, -0.2) is 54.8 Å². The van der Waals surface area contributed by atoms with Gasteiger partial charge in [-0.2, -0.15) is 13.2 Å². The molecule has 1 aromatic heterocycles. The number of halogens is 3. The largest absolute Gasteiger partial charge is 0.465 e. The van der Waals surface area contributed by atoms with Crippen LogP contribution in [0.1, 0.15) is 18.1 Å². The summed E-state index contributed by atoms with van der Waals surface area (Å²) in [5.74, 6) is -0.254. The zero-order chi connectivity index (χ0) is 23.4. The number of anilines is 1. The Balaban J connectivity index is 1.37. The first kappa shape index (κ1) is 23.2. The highest BCUT2D eigenvalue weighted by atomic mass is 19.4. The zero-order valence-corrected chi connectivity index (χ0v) is 18.6. The number of piperazine rings is 1. The number of hydrogen-bond donors (Lipinski definition) is 0. The summed E-state index contributed by atoms with van der Waals surface area (Å²) in [7, 11) is 0. The van der Waals surface area contributed by atoms with Gasteiger partial charge in [-0.15, -0.1) is 0 Å². The van der Waals surface area contributed by atoms with Crippen molar-refractivity contribution in [3.63, 3.8) is 0 Å². The molecule has 8 heteroatoms. The van der Waals surface area contributed by atoms with E-state index >= 15 is 0 Å². The lowest BCUT2D eigenvalue weighted by atomic mass is 10.1. The highest BCUT2D eigenvalue weighted by Gasteiger charge is 2.31. The number of carbonyl (C=O) groups is 1. The summed E-state index contributed by atoms with van der Waals surface area (Å²) < 4.78 is 46.1. The molecule has 4 rings (SSSR count). The first-order chi connectivity index (χ1) is 15.8. The Morgan fingerprint density at radius 3 is 2.52 bits per heavy atom. The standard InChI is InChI=1S/C25H28F3N3O2/c1-2-33-24(32)18-31-17-19(22-8-3-4-9-23(22)31)10-11-29-12-14-30(15-13-29)21-7-5-6-20(16-21)25(26,27)28/h3-9,16-17H,2,10-15,18H2,1H3. The minimum Gasteiger partial charge on any atom is -0.465 e. The van der Waals surface area contributed by atoms with E-state index in [-0.39, 0.29) is 12.5 Å². The van der Waals surface area contributed by atoms with E-state index in [9.17, 15) is 18.0 Å². The van der Waals surface area contributed by atoms with Crippen molar-refractivity contribution < 1.29 is 22.7 Å².